The highest BCUT2D eigenvalue weighted by molar-refractivity contribution is 5.89. The molecule has 0 bridgehead atoms. The molecule has 0 saturated carbocycles. The molecule has 0 fully saturated rings. The van der Waals surface area contributed by atoms with Crippen LogP contribution >= 0.6 is 0 Å². The Balaban J connectivity index is 1.73. The number of carbonyl (C=O) groups excluding carboxylic acids is 1. The van der Waals surface area contributed by atoms with Crippen molar-refractivity contribution in [2.24, 2.45) is 0 Å². The number of anilines is 1. The van der Waals surface area contributed by atoms with Crippen molar-refractivity contribution in [1.29, 1.82) is 0 Å². The van der Waals surface area contributed by atoms with Crippen molar-refractivity contribution >= 4 is 11.7 Å². The van der Waals surface area contributed by atoms with E-state index in [0.29, 0.717) is 12.4 Å². The summed E-state index contributed by atoms with van der Waals surface area (Å²) < 4.78 is 2.92. The Kier molecular flexibility index (Phi) is 3.81. The summed E-state index contributed by atoms with van der Waals surface area (Å²) in [6.45, 7) is 0.603. The van der Waals surface area contributed by atoms with Crippen LogP contribution in [0.5, 0.6) is 0 Å². The zero-order valence-corrected chi connectivity index (χ0v) is 11.7. The van der Waals surface area contributed by atoms with Gasteiger partial charge in [0.25, 0.3) is 0 Å². The number of carbonyl (C=O) groups is 1. The van der Waals surface area contributed by atoms with Gasteiger partial charge in [0.2, 0.25) is 5.91 Å². The third-order valence-electron chi connectivity index (χ3n) is 3.51. The molecule has 0 saturated heterocycles. The van der Waals surface area contributed by atoms with Crippen molar-refractivity contribution in [3.8, 4) is 0 Å². The predicted octanol–water partition coefficient (Wildman–Crippen LogP) is 0.805. The first kappa shape index (κ1) is 13.5. The molecule has 0 atom stereocenters. The number of nitrogens with one attached hydrogen (secondary N) is 1. The van der Waals surface area contributed by atoms with E-state index in [2.05, 4.69) is 15.4 Å². The average molecular weight is 287 g/mol. The Morgan fingerprint density at radius 3 is 3.00 bits per heavy atom. The van der Waals surface area contributed by atoms with Gasteiger partial charge in [-0.1, -0.05) is 12.5 Å². The topological polar surface area (TPSA) is 81.8 Å². The highest BCUT2D eigenvalue weighted by atomic mass is 16.2. The van der Waals surface area contributed by atoms with Crippen molar-refractivity contribution < 1.29 is 4.79 Å². The number of fused-ring (bicyclic) bond motifs is 1. The van der Waals surface area contributed by atoms with Crippen molar-refractivity contribution in [3.05, 3.63) is 40.7 Å². The molecule has 1 N–H and O–H groups in total. The van der Waals surface area contributed by atoms with E-state index in [1.54, 1.807) is 29.0 Å². The number of amides is 1. The summed E-state index contributed by atoms with van der Waals surface area (Å²) in [5.41, 5.74) is -0.205. The third kappa shape index (κ3) is 3.01. The minimum absolute atomic E-state index is 0.0879. The molecule has 0 aliphatic carbocycles. The Morgan fingerprint density at radius 1 is 1.29 bits per heavy atom. The summed E-state index contributed by atoms with van der Waals surface area (Å²) in [4.78, 5) is 28.2. The first-order chi connectivity index (χ1) is 10.2. The zero-order chi connectivity index (χ0) is 14.7. The average Bonchev–Trinajstić information content (AvgIpc) is 2.67. The lowest BCUT2D eigenvalue weighted by atomic mass is 10.2. The molecule has 2 aromatic heterocycles. The van der Waals surface area contributed by atoms with Gasteiger partial charge < -0.3 is 5.32 Å². The molecule has 7 nitrogen and oxygen atoms in total. The highest BCUT2D eigenvalue weighted by Crippen LogP contribution is 2.10. The minimum Gasteiger partial charge on any atom is -0.309 e. The SMILES string of the molecule is O=C(Cn1nc2n(c1=O)CCCCC2)Nc1ccccn1. The Labute approximate surface area is 121 Å². The molecule has 0 spiro atoms. The van der Waals surface area contributed by atoms with Crippen LogP contribution in [0.4, 0.5) is 5.82 Å². The second-order valence-electron chi connectivity index (χ2n) is 5.08. The largest absolute Gasteiger partial charge is 0.346 e. The number of nitrogens with zero attached hydrogens (tertiary/aromatic N) is 4. The van der Waals surface area contributed by atoms with E-state index in [1.165, 1.54) is 4.68 Å². The molecule has 3 heterocycles. The fraction of sp³-hybridized carbons (Fsp3) is 0.429. The number of aryl methyl sites for hydroxylation is 1. The van der Waals surface area contributed by atoms with Crippen LogP contribution in [0.2, 0.25) is 0 Å². The van der Waals surface area contributed by atoms with Crippen molar-refractivity contribution in [3.63, 3.8) is 0 Å². The second-order valence-corrected chi connectivity index (χ2v) is 5.08. The first-order valence-corrected chi connectivity index (χ1v) is 7.11. The molecule has 1 aliphatic rings. The fourth-order valence-electron chi connectivity index (χ4n) is 2.48. The monoisotopic (exact) mass is 287 g/mol. The van der Waals surface area contributed by atoms with E-state index in [4.69, 9.17) is 0 Å². The van der Waals surface area contributed by atoms with Crippen molar-refractivity contribution in [2.45, 2.75) is 38.8 Å². The number of hydrogen-bond acceptors (Lipinski definition) is 4. The smallest absolute Gasteiger partial charge is 0.309 e. The summed E-state index contributed by atoms with van der Waals surface area (Å²) in [6, 6.07) is 5.25. The van der Waals surface area contributed by atoms with Crippen LogP contribution < -0.4 is 11.0 Å². The molecule has 7 heteroatoms. The Bertz CT molecular complexity index is 689. The normalized spacial score (nSPS) is 14.3. The van der Waals surface area contributed by atoms with E-state index in [0.717, 1.165) is 31.5 Å². The number of hydrogen-bond donors (Lipinski definition) is 1. The van der Waals surface area contributed by atoms with E-state index in [-0.39, 0.29) is 18.1 Å². The molecule has 21 heavy (non-hydrogen) atoms. The van der Waals surface area contributed by atoms with Gasteiger partial charge in [-0.25, -0.2) is 14.5 Å². The van der Waals surface area contributed by atoms with Gasteiger partial charge in [-0.2, -0.15) is 5.10 Å². The van der Waals surface area contributed by atoms with Crippen LogP contribution in [-0.2, 0) is 24.3 Å². The standard InChI is InChI=1S/C14H17N5O2/c20-13(16-11-6-3-4-8-15-11)10-19-14(21)18-9-5-1-2-7-12(18)17-19/h3-4,6,8H,1-2,5,7,9-10H2,(H,15,16,20). The summed E-state index contributed by atoms with van der Waals surface area (Å²) >= 11 is 0. The summed E-state index contributed by atoms with van der Waals surface area (Å²) in [7, 11) is 0. The van der Waals surface area contributed by atoms with Gasteiger partial charge in [0.05, 0.1) is 0 Å². The molecule has 0 aromatic carbocycles. The van der Waals surface area contributed by atoms with Gasteiger partial charge in [0.15, 0.2) is 0 Å². The lowest BCUT2D eigenvalue weighted by Crippen LogP contribution is -2.30. The van der Waals surface area contributed by atoms with Crippen molar-refractivity contribution in [2.75, 3.05) is 5.32 Å². The lowest BCUT2D eigenvalue weighted by Gasteiger charge is -2.03. The van der Waals surface area contributed by atoms with Gasteiger partial charge in [-0.05, 0) is 25.0 Å². The fourth-order valence-corrected chi connectivity index (χ4v) is 2.48. The highest BCUT2D eigenvalue weighted by Gasteiger charge is 2.17. The van der Waals surface area contributed by atoms with E-state index < -0.39 is 0 Å². The van der Waals surface area contributed by atoms with Gasteiger partial charge in [0.1, 0.15) is 18.2 Å². The van der Waals surface area contributed by atoms with Crippen LogP contribution in [0.25, 0.3) is 0 Å². The van der Waals surface area contributed by atoms with E-state index in [9.17, 15) is 9.59 Å². The van der Waals surface area contributed by atoms with Gasteiger partial charge in [0, 0.05) is 19.2 Å². The van der Waals surface area contributed by atoms with Crippen LogP contribution in [0.1, 0.15) is 25.1 Å². The predicted molar refractivity (Wildman–Crippen MR) is 76.9 cm³/mol. The minimum atomic E-state index is -0.302. The van der Waals surface area contributed by atoms with Crippen molar-refractivity contribution in [1.82, 2.24) is 19.3 Å². The summed E-state index contributed by atoms with van der Waals surface area (Å²) in [6.07, 6.45) is 5.53. The van der Waals surface area contributed by atoms with Gasteiger partial charge in [-0.15, -0.1) is 0 Å². The van der Waals surface area contributed by atoms with Crippen LogP contribution in [0.3, 0.4) is 0 Å². The third-order valence-corrected chi connectivity index (χ3v) is 3.51. The maximum Gasteiger partial charge on any atom is 0.346 e. The zero-order valence-electron chi connectivity index (χ0n) is 11.7. The molecular formula is C14H17N5O2. The maximum absolute atomic E-state index is 12.2. The summed E-state index contributed by atoms with van der Waals surface area (Å²) in [5, 5.41) is 6.93. The molecule has 1 amide bonds. The number of aromatic nitrogens is 4. The maximum atomic E-state index is 12.2. The second kappa shape index (κ2) is 5.90. The van der Waals surface area contributed by atoms with Gasteiger partial charge in [-0.3, -0.25) is 9.36 Å². The molecule has 0 radical (unpaired) electrons. The summed E-state index contributed by atoms with van der Waals surface area (Å²) in [5.74, 6) is 0.948. The first-order valence-electron chi connectivity index (χ1n) is 7.11. The molecule has 110 valence electrons. The quantitative estimate of drug-likeness (QED) is 0.905. The van der Waals surface area contributed by atoms with E-state index >= 15 is 0 Å². The van der Waals surface area contributed by atoms with Crippen LogP contribution in [0, 0.1) is 0 Å². The number of rotatable bonds is 3. The van der Waals surface area contributed by atoms with Gasteiger partial charge >= 0.3 is 5.69 Å². The molecular weight excluding hydrogens is 270 g/mol. The Morgan fingerprint density at radius 2 is 2.19 bits per heavy atom. The lowest BCUT2D eigenvalue weighted by molar-refractivity contribution is -0.117. The van der Waals surface area contributed by atoms with Crippen LogP contribution in [0.15, 0.2) is 29.2 Å². The Hall–Kier alpha value is -2.44. The molecule has 3 rings (SSSR count). The molecule has 2 aromatic rings. The number of pyridine rings is 1. The van der Waals surface area contributed by atoms with E-state index in [1.807, 2.05) is 0 Å². The molecule has 0 unspecified atom stereocenters. The molecule has 1 aliphatic heterocycles. The van der Waals surface area contributed by atoms with Crippen LogP contribution in [-0.4, -0.2) is 25.2 Å².